The predicted molar refractivity (Wildman–Crippen MR) is 367 cm³/mol. The first-order valence-corrected chi connectivity index (χ1v) is 40.3. The van der Waals surface area contributed by atoms with Gasteiger partial charge in [0.15, 0.2) is 12.2 Å². The van der Waals surface area contributed by atoms with E-state index >= 15 is 0 Å². The third kappa shape index (κ3) is 63.9. The maximum atomic E-state index is 13.0. The first-order valence-electron chi connectivity index (χ1n) is 37.3. The molecule has 0 radical (unpaired) electrons. The highest BCUT2D eigenvalue weighted by Gasteiger charge is 2.30. The second-order valence-corrected chi connectivity index (χ2v) is 30.3. The van der Waals surface area contributed by atoms with Crippen LogP contribution >= 0.6 is 15.6 Å². The van der Waals surface area contributed by atoms with Crippen LogP contribution in [0.3, 0.4) is 0 Å². The van der Waals surface area contributed by atoms with Crippen LogP contribution in [0.25, 0.3) is 0 Å². The molecule has 0 heterocycles. The summed E-state index contributed by atoms with van der Waals surface area (Å²) in [5.41, 5.74) is 0. The molecule has 0 spiro atoms. The van der Waals surface area contributed by atoms with E-state index in [2.05, 4.69) is 55.4 Å². The van der Waals surface area contributed by atoms with E-state index in [1.807, 2.05) is 0 Å². The van der Waals surface area contributed by atoms with Gasteiger partial charge in [0.05, 0.1) is 26.4 Å². The van der Waals surface area contributed by atoms with Crippen LogP contribution in [0.1, 0.15) is 357 Å². The number of rotatable bonds is 69. The molecule has 0 aromatic carbocycles. The minimum Gasteiger partial charge on any atom is -0.462 e. The number of carbonyl (C=O) groups excluding carboxylic acids is 4. The van der Waals surface area contributed by atoms with Crippen LogP contribution in [0, 0.1) is 23.7 Å². The van der Waals surface area contributed by atoms with Gasteiger partial charge in [-0.2, -0.15) is 0 Å². The van der Waals surface area contributed by atoms with Gasteiger partial charge in [-0.15, -0.1) is 0 Å². The molecule has 19 heteroatoms. The molecule has 17 nitrogen and oxygen atoms in total. The molecule has 0 rings (SSSR count). The second kappa shape index (κ2) is 61.6. The average Bonchev–Trinajstić information content (AvgIpc) is 3.08. The lowest BCUT2D eigenvalue weighted by Gasteiger charge is -2.21. The van der Waals surface area contributed by atoms with E-state index in [9.17, 15) is 43.2 Å². The topological polar surface area (TPSA) is 237 Å². The van der Waals surface area contributed by atoms with Gasteiger partial charge in [-0.05, 0) is 49.4 Å². The highest BCUT2D eigenvalue weighted by Crippen LogP contribution is 2.45. The fourth-order valence-corrected chi connectivity index (χ4v) is 12.4. The number of hydrogen-bond donors (Lipinski definition) is 3. The van der Waals surface area contributed by atoms with Gasteiger partial charge in [0.1, 0.15) is 19.3 Å². The molecule has 3 N–H and O–H groups in total. The maximum absolute atomic E-state index is 13.0. The number of phosphoric acid groups is 2. The number of carbonyl (C=O) groups is 4. The van der Waals surface area contributed by atoms with Crippen LogP contribution in [0.2, 0.25) is 0 Å². The van der Waals surface area contributed by atoms with Crippen LogP contribution in [-0.2, 0) is 65.4 Å². The van der Waals surface area contributed by atoms with Gasteiger partial charge in [0.25, 0.3) is 0 Å². The Labute approximate surface area is 556 Å². The molecule has 0 aliphatic carbocycles. The third-order valence-electron chi connectivity index (χ3n) is 17.3. The summed E-state index contributed by atoms with van der Waals surface area (Å²) in [5, 5.41) is 10.6. The van der Waals surface area contributed by atoms with E-state index in [0.29, 0.717) is 37.5 Å². The fourth-order valence-electron chi connectivity index (χ4n) is 10.8. The number of aliphatic hydroxyl groups is 1. The number of hydrogen-bond acceptors (Lipinski definition) is 15. The molecule has 91 heavy (non-hydrogen) atoms. The Bertz CT molecular complexity index is 1800. The second-order valence-electron chi connectivity index (χ2n) is 27.4. The Morgan fingerprint density at radius 2 is 0.527 bits per heavy atom. The summed E-state index contributed by atoms with van der Waals surface area (Å²) in [4.78, 5) is 72.6. The van der Waals surface area contributed by atoms with Gasteiger partial charge in [-0.25, -0.2) is 9.13 Å². The highest BCUT2D eigenvalue weighted by molar-refractivity contribution is 7.47. The zero-order chi connectivity index (χ0) is 67.5. The van der Waals surface area contributed by atoms with E-state index in [4.69, 9.17) is 37.0 Å². The van der Waals surface area contributed by atoms with Crippen molar-refractivity contribution in [2.24, 2.45) is 23.7 Å². The number of unbranched alkanes of at least 4 members (excludes halogenated alkanes) is 33. The molecular formula is C72H140O17P2. The summed E-state index contributed by atoms with van der Waals surface area (Å²) in [6, 6.07) is 0. The smallest absolute Gasteiger partial charge is 0.462 e. The molecule has 0 aromatic heterocycles. The van der Waals surface area contributed by atoms with Crippen molar-refractivity contribution in [1.82, 2.24) is 0 Å². The van der Waals surface area contributed by atoms with E-state index in [0.717, 1.165) is 115 Å². The standard InChI is InChI=1S/C72H140O17P2/c1-9-64(7)50-42-34-25-19-15-13-11-12-14-16-21-27-38-46-54-71(76)88-67(58-82-69(74)52-44-36-29-23-24-32-40-48-62(3)4)60-86-90(78,79)84-56-66(73)57-85-91(80,81)87-61-68(59-83-70(75)53-45-37-31-30-33-41-49-63(5)6)89-72(77)55-47-39-28-22-18-17-20-26-35-43-51-65(8)10-2/h62-68,73H,9-61H2,1-8H3,(H,78,79)(H,80,81)/t64?,65?,66-,67-,68-/m1/s1. The molecule has 0 saturated carbocycles. The first-order chi connectivity index (χ1) is 43.7. The number of aliphatic hydroxyl groups excluding tert-OH is 1. The minimum atomic E-state index is -4.95. The van der Waals surface area contributed by atoms with E-state index in [1.54, 1.807) is 0 Å². The molecule has 7 atom stereocenters. The zero-order valence-electron chi connectivity index (χ0n) is 59.5. The SMILES string of the molecule is CCC(C)CCCCCCCCCCCCCCCCC(=O)O[C@H](COC(=O)CCCCCCCCCC(C)C)COP(=O)(O)OC[C@@H](O)COP(=O)(O)OC[C@@H](COC(=O)CCCCCCCCC(C)C)OC(=O)CCCCCCCCCCCCC(C)CC. The first kappa shape index (κ1) is 89.1. The van der Waals surface area contributed by atoms with Crippen LogP contribution < -0.4 is 0 Å². The molecule has 0 aliphatic heterocycles. The van der Waals surface area contributed by atoms with E-state index in [1.165, 1.54) is 148 Å². The van der Waals surface area contributed by atoms with Crippen molar-refractivity contribution in [3.63, 3.8) is 0 Å². The predicted octanol–water partition coefficient (Wildman–Crippen LogP) is 20.5. The summed E-state index contributed by atoms with van der Waals surface area (Å²) in [6.07, 6.45) is 44.5. The number of phosphoric ester groups is 2. The fraction of sp³-hybridized carbons (Fsp3) is 0.944. The van der Waals surface area contributed by atoms with Gasteiger partial charge in [-0.3, -0.25) is 37.3 Å². The Hall–Kier alpha value is -1.94. The Morgan fingerprint density at radius 3 is 0.780 bits per heavy atom. The van der Waals surface area contributed by atoms with Gasteiger partial charge in [0.2, 0.25) is 0 Å². The summed E-state index contributed by atoms with van der Waals surface area (Å²) in [6.45, 7) is 14.1. The van der Waals surface area contributed by atoms with Gasteiger partial charge in [0, 0.05) is 25.7 Å². The van der Waals surface area contributed by atoms with Crippen molar-refractivity contribution in [2.45, 2.75) is 375 Å². The molecule has 0 aliphatic rings. The Morgan fingerprint density at radius 1 is 0.308 bits per heavy atom. The van der Waals surface area contributed by atoms with Crippen LogP contribution in [-0.4, -0.2) is 96.7 Å². The van der Waals surface area contributed by atoms with Crippen LogP contribution in [0.15, 0.2) is 0 Å². The largest absolute Gasteiger partial charge is 0.472 e. The van der Waals surface area contributed by atoms with Crippen molar-refractivity contribution in [3.8, 4) is 0 Å². The molecule has 0 amide bonds. The third-order valence-corrected chi connectivity index (χ3v) is 19.2. The van der Waals surface area contributed by atoms with Crippen molar-refractivity contribution in [1.29, 1.82) is 0 Å². The van der Waals surface area contributed by atoms with Crippen LogP contribution in [0.5, 0.6) is 0 Å². The molecule has 0 fully saturated rings. The minimum absolute atomic E-state index is 0.105. The number of ether oxygens (including phenoxy) is 4. The van der Waals surface area contributed by atoms with Crippen molar-refractivity contribution in [2.75, 3.05) is 39.6 Å². The monoisotopic (exact) mass is 1340 g/mol. The average molecular weight is 1340 g/mol. The lowest BCUT2D eigenvalue weighted by Crippen LogP contribution is -2.30. The summed E-state index contributed by atoms with van der Waals surface area (Å²) >= 11 is 0. The van der Waals surface area contributed by atoms with Gasteiger partial charge in [-0.1, -0.05) is 306 Å². The van der Waals surface area contributed by atoms with E-state index < -0.39 is 97.5 Å². The molecule has 4 unspecified atom stereocenters. The highest BCUT2D eigenvalue weighted by atomic mass is 31.2. The maximum Gasteiger partial charge on any atom is 0.472 e. The van der Waals surface area contributed by atoms with Crippen molar-refractivity contribution < 1.29 is 80.2 Å². The van der Waals surface area contributed by atoms with Crippen molar-refractivity contribution >= 4 is 39.5 Å². The molecule has 0 bridgehead atoms. The van der Waals surface area contributed by atoms with Crippen LogP contribution in [0.4, 0.5) is 0 Å². The summed E-state index contributed by atoms with van der Waals surface area (Å²) in [5.74, 6) is 0.904. The molecule has 0 saturated heterocycles. The molecular weight excluding hydrogens is 1200 g/mol. The number of esters is 4. The zero-order valence-corrected chi connectivity index (χ0v) is 61.3. The van der Waals surface area contributed by atoms with E-state index in [-0.39, 0.29) is 25.7 Å². The summed E-state index contributed by atoms with van der Waals surface area (Å²) < 4.78 is 68.3. The van der Waals surface area contributed by atoms with Crippen molar-refractivity contribution in [3.05, 3.63) is 0 Å². The summed E-state index contributed by atoms with van der Waals surface area (Å²) in [7, 11) is -9.90. The quantitative estimate of drug-likeness (QED) is 0.0222. The van der Waals surface area contributed by atoms with Gasteiger partial charge < -0.3 is 33.8 Å². The molecule has 540 valence electrons. The lowest BCUT2D eigenvalue weighted by atomic mass is 9.99. The Balaban J connectivity index is 5.22. The lowest BCUT2D eigenvalue weighted by molar-refractivity contribution is -0.161. The normalized spacial score (nSPS) is 14.8. The van der Waals surface area contributed by atoms with Gasteiger partial charge >= 0.3 is 39.5 Å². The molecule has 0 aromatic rings. The Kier molecular flexibility index (Phi) is 60.3.